The van der Waals surface area contributed by atoms with Crippen molar-refractivity contribution in [3.63, 3.8) is 0 Å². The fraction of sp³-hybridized carbons (Fsp3) is 0.438. The van der Waals surface area contributed by atoms with E-state index in [0.717, 1.165) is 0 Å². The van der Waals surface area contributed by atoms with Gasteiger partial charge >= 0.3 is 12.1 Å². The van der Waals surface area contributed by atoms with Gasteiger partial charge in [-0.1, -0.05) is 11.6 Å². The van der Waals surface area contributed by atoms with E-state index in [1.165, 1.54) is 0 Å². The molecule has 0 fully saturated rings. The summed E-state index contributed by atoms with van der Waals surface area (Å²) in [5, 5.41) is 17.2. The molecule has 0 saturated carbocycles. The number of esters is 1. The molecule has 1 atom stereocenters. The Hall–Kier alpha value is -3.29. The van der Waals surface area contributed by atoms with Gasteiger partial charge in [-0.2, -0.15) is 13.2 Å². The standard InChI is InChI=1S/C16H14ClF3N2O9/c1-7-3-12-10(8(2)13(7)17)4-11(14(31-12)16(18,19)20)15(23)30-9(5-28-21(24)25)6-29-22(26)27/h3-4,9,14H,5-6H2,1-2H3/t14-/m0/s1/i1D3,2D3. The van der Waals surface area contributed by atoms with Crippen LogP contribution in [0.2, 0.25) is 5.02 Å². The number of nitrogens with zero attached hydrogens (tertiary/aromatic N) is 2. The Morgan fingerprint density at radius 2 is 1.90 bits per heavy atom. The van der Waals surface area contributed by atoms with Crippen molar-refractivity contribution in [2.75, 3.05) is 13.2 Å². The fourth-order valence-electron chi connectivity index (χ4n) is 2.34. The molecule has 0 N–H and O–H groups in total. The van der Waals surface area contributed by atoms with Crippen molar-refractivity contribution < 1.29 is 55.5 Å². The Labute approximate surface area is 184 Å². The number of hydrogen-bond donors (Lipinski definition) is 0. The van der Waals surface area contributed by atoms with Gasteiger partial charge in [0, 0.05) is 18.8 Å². The summed E-state index contributed by atoms with van der Waals surface area (Å²) in [6, 6.07) is 0.579. The van der Waals surface area contributed by atoms with Crippen molar-refractivity contribution in [1.29, 1.82) is 0 Å². The van der Waals surface area contributed by atoms with Crippen LogP contribution in [0.5, 0.6) is 5.75 Å². The van der Waals surface area contributed by atoms with Gasteiger partial charge in [0.1, 0.15) is 25.1 Å². The van der Waals surface area contributed by atoms with Crippen LogP contribution in [0.3, 0.4) is 0 Å². The number of halogens is 4. The summed E-state index contributed by atoms with van der Waals surface area (Å²) in [6.45, 7) is -8.62. The smallest absolute Gasteiger partial charge is 0.430 e. The van der Waals surface area contributed by atoms with Gasteiger partial charge in [0.2, 0.25) is 6.10 Å². The molecule has 0 amide bonds. The summed E-state index contributed by atoms with van der Waals surface area (Å²) in [7, 11) is 0. The topological polar surface area (TPSA) is 140 Å². The minimum Gasteiger partial charge on any atom is -0.475 e. The van der Waals surface area contributed by atoms with E-state index < -0.39 is 94.5 Å². The number of carbonyl (C=O) groups is 1. The molecule has 2 rings (SSSR count). The van der Waals surface area contributed by atoms with E-state index in [1.54, 1.807) is 0 Å². The van der Waals surface area contributed by atoms with Crippen molar-refractivity contribution >= 4 is 23.6 Å². The summed E-state index contributed by atoms with van der Waals surface area (Å²) < 4.78 is 96.4. The molecular weight excluding hydrogens is 457 g/mol. The van der Waals surface area contributed by atoms with Crippen LogP contribution in [-0.4, -0.2) is 47.7 Å². The predicted octanol–water partition coefficient (Wildman–Crippen LogP) is 2.99. The lowest BCUT2D eigenvalue weighted by Crippen LogP contribution is -2.42. The molecule has 0 saturated heterocycles. The summed E-state index contributed by atoms with van der Waals surface area (Å²) >= 11 is 5.99. The van der Waals surface area contributed by atoms with E-state index in [0.29, 0.717) is 12.1 Å². The van der Waals surface area contributed by atoms with Crippen LogP contribution < -0.4 is 4.74 Å². The summed E-state index contributed by atoms with van der Waals surface area (Å²) in [6.07, 6.45) is -10.1. The molecule has 1 heterocycles. The van der Waals surface area contributed by atoms with E-state index in [4.69, 9.17) is 24.6 Å². The van der Waals surface area contributed by atoms with E-state index in [2.05, 4.69) is 14.4 Å². The lowest BCUT2D eigenvalue weighted by atomic mass is 9.96. The quantitative estimate of drug-likeness (QED) is 0.314. The number of alkyl halides is 3. The first-order valence-corrected chi connectivity index (χ1v) is 8.19. The molecule has 31 heavy (non-hydrogen) atoms. The summed E-state index contributed by atoms with van der Waals surface area (Å²) in [5.41, 5.74) is -3.83. The third kappa shape index (κ3) is 5.87. The largest absolute Gasteiger partial charge is 0.475 e. The zero-order chi connectivity index (χ0) is 28.5. The molecular formula is C16H14ClF3N2O9. The zero-order valence-corrected chi connectivity index (χ0v) is 15.6. The minimum absolute atomic E-state index is 0.399. The highest BCUT2D eigenvalue weighted by Crippen LogP contribution is 2.41. The van der Waals surface area contributed by atoms with Gasteiger partial charge in [-0.15, -0.1) is 20.2 Å². The maximum atomic E-state index is 13.8. The Morgan fingerprint density at radius 1 is 1.29 bits per heavy atom. The Morgan fingerprint density at radius 3 is 2.39 bits per heavy atom. The van der Waals surface area contributed by atoms with Crippen LogP contribution in [-0.2, 0) is 19.2 Å². The number of rotatable bonds is 8. The molecule has 170 valence electrons. The molecule has 0 spiro atoms. The summed E-state index contributed by atoms with van der Waals surface area (Å²) in [5.74, 6) is -2.75. The first kappa shape index (κ1) is 16.4. The number of carbonyl (C=O) groups excluding carboxylic acids is 1. The molecule has 0 unspecified atom stereocenters. The third-order valence-electron chi connectivity index (χ3n) is 3.63. The average Bonchev–Trinajstić information content (AvgIpc) is 2.71. The molecule has 1 aromatic rings. The zero-order valence-electron chi connectivity index (χ0n) is 20.8. The predicted molar refractivity (Wildman–Crippen MR) is 95.1 cm³/mol. The van der Waals surface area contributed by atoms with Crippen LogP contribution in [0.25, 0.3) is 6.08 Å². The molecule has 0 radical (unpaired) electrons. The molecule has 0 bridgehead atoms. The van der Waals surface area contributed by atoms with Crippen LogP contribution in [0, 0.1) is 33.9 Å². The second-order valence-electron chi connectivity index (χ2n) is 5.73. The normalized spacial score (nSPS) is 19.1. The van der Waals surface area contributed by atoms with Gasteiger partial charge in [-0.3, -0.25) is 0 Å². The molecule has 1 aliphatic rings. The molecule has 11 nitrogen and oxygen atoms in total. The van der Waals surface area contributed by atoms with E-state index >= 15 is 0 Å². The van der Waals surface area contributed by atoms with Gasteiger partial charge < -0.3 is 19.1 Å². The maximum absolute atomic E-state index is 13.8. The average molecular weight is 477 g/mol. The lowest BCUT2D eigenvalue weighted by Gasteiger charge is -2.30. The van der Waals surface area contributed by atoms with Crippen molar-refractivity contribution in [1.82, 2.24) is 0 Å². The highest BCUT2D eigenvalue weighted by Gasteiger charge is 2.49. The monoisotopic (exact) mass is 476 g/mol. The van der Waals surface area contributed by atoms with Gasteiger partial charge in [0.25, 0.3) is 10.2 Å². The van der Waals surface area contributed by atoms with Crippen LogP contribution in [0.1, 0.15) is 24.9 Å². The molecule has 0 aliphatic carbocycles. The van der Waals surface area contributed by atoms with E-state index in [9.17, 15) is 38.2 Å². The first-order valence-electron chi connectivity index (χ1n) is 10.8. The van der Waals surface area contributed by atoms with Crippen LogP contribution in [0.15, 0.2) is 11.6 Å². The Balaban J connectivity index is 2.66. The number of benzene rings is 1. The van der Waals surface area contributed by atoms with E-state index in [1.807, 2.05) is 0 Å². The van der Waals surface area contributed by atoms with E-state index in [-0.39, 0.29) is 0 Å². The van der Waals surface area contributed by atoms with Crippen molar-refractivity contribution in [3.05, 3.63) is 53.6 Å². The molecule has 1 aromatic carbocycles. The van der Waals surface area contributed by atoms with Crippen LogP contribution in [0.4, 0.5) is 13.2 Å². The Bertz CT molecular complexity index is 1110. The van der Waals surface area contributed by atoms with Gasteiger partial charge in [-0.25, -0.2) is 4.79 Å². The highest BCUT2D eigenvalue weighted by molar-refractivity contribution is 6.32. The fourth-order valence-corrected chi connectivity index (χ4v) is 2.50. The van der Waals surface area contributed by atoms with Gasteiger partial charge in [-0.05, 0) is 37.0 Å². The van der Waals surface area contributed by atoms with Gasteiger partial charge in [0.05, 0.1) is 5.57 Å². The SMILES string of the molecule is [2H]C([2H])([2H])c1cc2c(c(C([2H])([2H])[2H])c1Cl)C=C(C(=O)OC(CO[N+](=O)[O-])CO[N+](=O)[O-])[C@@H](C(F)(F)F)O2. The molecule has 15 heteroatoms. The van der Waals surface area contributed by atoms with Gasteiger partial charge in [0.15, 0.2) is 0 Å². The lowest BCUT2D eigenvalue weighted by molar-refractivity contribution is -0.768. The highest BCUT2D eigenvalue weighted by atomic mass is 35.5. The van der Waals surface area contributed by atoms with Crippen molar-refractivity contribution in [3.8, 4) is 5.75 Å². The molecule has 0 aromatic heterocycles. The maximum Gasteiger partial charge on any atom is 0.430 e. The second-order valence-corrected chi connectivity index (χ2v) is 6.11. The molecule has 1 aliphatic heterocycles. The third-order valence-corrected chi connectivity index (χ3v) is 4.02. The minimum atomic E-state index is -5.35. The number of fused-ring (bicyclic) bond motifs is 1. The number of aryl methyl sites for hydroxylation is 1. The number of ether oxygens (including phenoxy) is 2. The first-order chi connectivity index (χ1) is 16.7. The second kappa shape index (κ2) is 9.24. The van der Waals surface area contributed by atoms with Crippen molar-refractivity contribution in [2.24, 2.45) is 0 Å². The Kier molecular flexibility index (Phi) is 4.89. The summed E-state index contributed by atoms with van der Waals surface area (Å²) in [4.78, 5) is 41.3. The number of hydrogen-bond acceptors (Lipinski definition) is 9. The van der Waals surface area contributed by atoms with Crippen molar-refractivity contribution in [2.45, 2.75) is 32.1 Å². The van der Waals surface area contributed by atoms with Crippen LogP contribution >= 0.6 is 11.6 Å².